The molecule has 2 heterocycles. The Balaban J connectivity index is 1.55. The number of amides is 1. The molecule has 0 radical (unpaired) electrons. The van der Waals surface area contributed by atoms with E-state index in [0.717, 1.165) is 28.3 Å². The average molecular weight is 394 g/mol. The van der Waals surface area contributed by atoms with Gasteiger partial charge in [0.1, 0.15) is 0 Å². The molecule has 4 aromatic rings. The van der Waals surface area contributed by atoms with Gasteiger partial charge in [-0.25, -0.2) is 10.1 Å². The lowest BCUT2D eigenvalue weighted by Gasteiger charge is -2.17. The molecule has 2 aromatic heterocycles. The lowest BCUT2D eigenvalue weighted by atomic mass is 9.97. The van der Waals surface area contributed by atoms with Gasteiger partial charge in [-0.3, -0.25) is 9.20 Å². The zero-order valence-electron chi connectivity index (χ0n) is 16.1. The Morgan fingerprint density at radius 3 is 2.75 bits per heavy atom. The van der Waals surface area contributed by atoms with Gasteiger partial charge in [-0.05, 0) is 43.0 Å². The molecule has 2 aromatic carbocycles. The molecule has 144 valence electrons. The second-order valence-electron chi connectivity index (χ2n) is 6.91. The van der Waals surface area contributed by atoms with E-state index in [2.05, 4.69) is 40.4 Å². The van der Waals surface area contributed by atoms with Crippen molar-refractivity contribution in [3.63, 3.8) is 0 Å². The zero-order valence-corrected chi connectivity index (χ0v) is 17.0. The van der Waals surface area contributed by atoms with Crippen molar-refractivity contribution < 1.29 is 4.79 Å². The van der Waals surface area contributed by atoms with E-state index in [1.54, 1.807) is 0 Å². The molecule has 0 spiro atoms. The molecule has 0 saturated carbocycles. The van der Waals surface area contributed by atoms with Gasteiger partial charge in [0, 0.05) is 5.69 Å². The molecule has 0 unspecified atom stereocenters. The van der Waals surface area contributed by atoms with Crippen molar-refractivity contribution in [3.8, 4) is 0 Å². The number of rotatable bonds is 6. The lowest BCUT2D eigenvalue weighted by Crippen LogP contribution is -2.23. The van der Waals surface area contributed by atoms with Crippen LogP contribution < -0.4 is 5.32 Å². The first-order valence-electron chi connectivity index (χ1n) is 9.46. The number of para-hydroxylation sites is 3. The third-order valence-electron chi connectivity index (χ3n) is 5.02. The first-order chi connectivity index (χ1) is 13.6. The van der Waals surface area contributed by atoms with Crippen LogP contribution in [0.5, 0.6) is 0 Å². The van der Waals surface area contributed by atoms with Gasteiger partial charge in [0.2, 0.25) is 11.7 Å². The molecular weight excluding hydrogens is 370 g/mol. The summed E-state index contributed by atoms with van der Waals surface area (Å²) < 4.78 is 1.96. The largest absolute Gasteiger partial charge is 0.325 e. The topological polar surface area (TPSA) is 75.1 Å². The summed E-state index contributed by atoms with van der Waals surface area (Å²) in [6.45, 7) is 6.22. The number of carbonyl (C=O) groups is 1. The maximum Gasteiger partial charge on any atom is 0.237 e. The van der Waals surface area contributed by atoms with E-state index in [1.165, 1.54) is 17.3 Å². The Hall–Kier alpha value is -2.80. The highest BCUT2D eigenvalue weighted by molar-refractivity contribution is 8.00. The molecule has 0 saturated heterocycles. The van der Waals surface area contributed by atoms with Crippen LogP contribution in [0.25, 0.3) is 16.8 Å². The van der Waals surface area contributed by atoms with Crippen LogP contribution in [0.15, 0.2) is 53.7 Å². The smallest absolute Gasteiger partial charge is 0.237 e. The standard InChI is InChI=1S/C21H23N5OS/c1-4-13(2)15-9-5-6-10-16(15)22-19(27)14(3)28-21-25-24-20-23-17-11-7-8-12-18(17)26(20)21/h5-14H,4H2,1-3H3,(H,22,27)(H,23,24)/t13-,14-/m1/s1. The van der Waals surface area contributed by atoms with Crippen molar-refractivity contribution in [2.45, 2.75) is 43.5 Å². The number of nitrogens with zero attached hydrogens (tertiary/aromatic N) is 3. The maximum absolute atomic E-state index is 12.8. The monoisotopic (exact) mass is 393 g/mol. The summed E-state index contributed by atoms with van der Waals surface area (Å²) in [5.41, 5.74) is 3.92. The minimum atomic E-state index is -0.308. The predicted molar refractivity (Wildman–Crippen MR) is 114 cm³/mol. The Labute approximate surface area is 167 Å². The SMILES string of the molecule is CC[C@@H](C)c1ccccc1NC(=O)[C@@H](C)Sc1n[nH]c2nc3ccccc3n12. The molecule has 7 heteroatoms. The van der Waals surface area contributed by atoms with Crippen molar-refractivity contribution in [1.82, 2.24) is 19.6 Å². The molecule has 0 aliphatic heterocycles. The minimum absolute atomic E-state index is 0.0404. The van der Waals surface area contributed by atoms with Crippen LogP contribution in [0.1, 0.15) is 38.7 Å². The van der Waals surface area contributed by atoms with Gasteiger partial charge in [0.15, 0.2) is 5.16 Å². The Kier molecular flexibility index (Phi) is 5.09. The summed E-state index contributed by atoms with van der Waals surface area (Å²) in [4.78, 5) is 17.4. The van der Waals surface area contributed by atoms with Crippen LogP contribution in [-0.4, -0.2) is 30.7 Å². The molecular formula is C21H23N5OS. The quantitative estimate of drug-likeness (QED) is 0.460. The van der Waals surface area contributed by atoms with Crippen molar-refractivity contribution >= 4 is 40.2 Å². The summed E-state index contributed by atoms with van der Waals surface area (Å²) in [6.07, 6.45) is 1.02. The van der Waals surface area contributed by atoms with Gasteiger partial charge >= 0.3 is 0 Å². The molecule has 0 aliphatic carbocycles. The molecule has 6 nitrogen and oxygen atoms in total. The van der Waals surface area contributed by atoms with Gasteiger partial charge in [0.25, 0.3) is 0 Å². The van der Waals surface area contributed by atoms with Gasteiger partial charge in [-0.15, -0.1) is 5.10 Å². The van der Waals surface area contributed by atoms with E-state index in [4.69, 9.17) is 0 Å². The zero-order chi connectivity index (χ0) is 19.7. The lowest BCUT2D eigenvalue weighted by molar-refractivity contribution is -0.115. The molecule has 4 rings (SSSR count). The number of carbonyl (C=O) groups excluding carboxylic acids is 1. The molecule has 0 aliphatic rings. The summed E-state index contributed by atoms with van der Waals surface area (Å²) >= 11 is 1.42. The van der Waals surface area contributed by atoms with E-state index in [1.807, 2.05) is 53.8 Å². The number of aromatic nitrogens is 4. The fourth-order valence-electron chi connectivity index (χ4n) is 3.23. The van der Waals surface area contributed by atoms with Gasteiger partial charge in [-0.1, -0.05) is 55.9 Å². The summed E-state index contributed by atoms with van der Waals surface area (Å²) in [6, 6.07) is 15.9. The maximum atomic E-state index is 12.8. The number of benzene rings is 2. The third kappa shape index (κ3) is 3.38. The van der Waals surface area contributed by atoms with Crippen LogP contribution in [0.2, 0.25) is 0 Å². The van der Waals surface area contributed by atoms with Crippen molar-refractivity contribution in [2.75, 3.05) is 5.32 Å². The molecule has 2 atom stereocenters. The van der Waals surface area contributed by atoms with Crippen LogP contribution in [-0.2, 0) is 4.79 Å². The Morgan fingerprint density at radius 2 is 1.93 bits per heavy atom. The Bertz CT molecular complexity index is 1130. The third-order valence-corrected chi connectivity index (χ3v) is 6.07. The van der Waals surface area contributed by atoms with E-state index in [-0.39, 0.29) is 11.2 Å². The first kappa shape index (κ1) is 18.6. The summed E-state index contributed by atoms with van der Waals surface area (Å²) in [7, 11) is 0. The van der Waals surface area contributed by atoms with Gasteiger partial charge in [-0.2, -0.15) is 0 Å². The van der Waals surface area contributed by atoms with Gasteiger partial charge in [0.05, 0.1) is 16.3 Å². The van der Waals surface area contributed by atoms with Gasteiger partial charge < -0.3 is 5.32 Å². The van der Waals surface area contributed by atoms with E-state index >= 15 is 0 Å². The molecule has 2 N–H and O–H groups in total. The highest BCUT2D eigenvalue weighted by Crippen LogP contribution is 2.29. The molecule has 28 heavy (non-hydrogen) atoms. The normalized spacial score (nSPS) is 13.7. The van der Waals surface area contributed by atoms with Crippen LogP contribution in [0, 0.1) is 0 Å². The number of aromatic amines is 1. The average Bonchev–Trinajstić information content (AvgIpc) is 3.27. The predicted octanol–water partition coefficient (Wildman–Crippen LogP) is 4.84. The van der Waals surface area contributed by atoms with Crippen molar-refractivity contribution in [3.05, 3.63) is 54.1 Å². The van der Waals surface area contributed by atoms with E-state index in [0.29, 0.717) is 11.7 Å². The first-order valence-corrected chi connectivity index (χ1v) is 10.3. The highest BCUT2D eigenvalue weighted by Gasteiger charge is 2.21. The highest BCUT2D eigenvalue weighted by atomic mass is 32.2. The fraction of sp³-hybridized carbons (Fsp3) is 0.286. The number of anilines is 1. The van der Waals surface area contributed by atoms with E-state index < -0.39 is 0 Å². The fourth-order valence-corrected chi connectivity index (χ4v) is 4.10. The number of fused-ring (bicyclic) bond motifs is 3. The minimum Gasteiger partial charge on any atom is -0.325 e. The second kappa shape index (κ2) is 7.67. The number of nitrogens with one attached hydrogen (secondary N) is 2. The number of hydrogen-bond donors (Lipinski definition) is 2. The summed E-state index contributed by atoms with van der Waals surface area (Å²) in [5, 5.41) is 10.8. The van der Waals surface area contributed by atoms with Crippen LogP contribution >= 0.6 is 11.8 Å². The van der Waals surface area contributed by atoms with Crippen molar-refractivity contribution in [1.29, 1.82) is 0 Å². The summed E-state index contributed by atoms with van der Waals surface area (Å²) in [5.74, 6) is 1.03. The Morgan fingerprint density at radius 1 is 1.18 bits per heavy atom. The number of H-pyrrole nitrogens is 1. The van der Waals surface area contributed by atoms with Crippen LogP contribution in [0.4, 0.5) is 5.69 Å². The number of hydrogen-bond acceptors (Lipinski definition) is 4. The number of imidazole rings is 1. The molecule has 0 fully saturated rings. The van der Waals surface area contributed by atoms with Crippen molar-refractivity contribution in [2.24, 2.45) is 0 Å². The molecule has 0 bridgehead atoms. The molecule has 1 amide bonds. The second-order valence-corrected chi connectivity index (χ2v) is 8.22. The van der Waals surface area contributed by atoms with Crippen LogP contribution in [0.3, 0.4) is 0 Å². The van der Waals surface area contributed by atoms with E-state index in [9.17, 15) is 4.79 Å². The number of thioether (sulfide) groups is 1.